The summed E-state index contributed by atoms with van der Waals surface area (Å²) in [6.45, 7) is 4.32. The van der Waals surface area contributed by atoms with Gasteiger partial charge in [0.05, 0.1) is 29.6 Å². The second-order valence-corrected chi connectivity index (χ2v) is 8.77. The van der Waals surface area contributed by atoms with Crippen LogP contribution in [-0.2, 0) is 22.9 Å². The first-order valence-corrected chi connectivity index (χ1v) is 10.3. The molecule has 9 heteroatoms. The van der Waals surface area contributed by atoms with Gasteiger partial charge < -0.3 is 9.88 Å². The molecule has 0 aliphatic carbocycles. The normalized spacial score (nSPS) is 19.8. The van der Waals surface area contributed by atoms with Crippen LogP contribution in [0.25, 0.3) is 0 Å². The lowest BCUT2D eigenvalue weighted by Gasteiger charge is -2.10. The molecule has 0 radical (unpaired) electrons. The van der Waals surface area contributed by atoms with Gasteiger partial charge in [0, 0.05) is 31.0 Å². The Balaban J connectivity index is 1.54. The maximum atomic E-state index is 11.7. The van der Waals surface area contributed by atoms with Gasteiger partial charge in [-0.2, -0.15) is 5.10 Å². The standard InChI is InChI=1S/C15H22ClN5O2S/c1-12-14(9-17-4-2-6-20-7-5-18-11-20)15(16)21(19-12)13-3-8-24(22,23)10-13/h5,7,11,13,17H,2-4,6,8-10H2,1H3/t13-/m0/s1. The number of sulfone groups is 1. The molecule has 0 spiro atoms. The van der Waals surface area contributed by atoms with E-state index < -0.39 is 9.84 Å². The van der Waals surface area contributed by atoms with Crippen molar-refractivity contribution in [1.82, 2.24) is 24.6 Å². The number of nitrogens with zero attached hydrogens (tertiary/aromatic N) is 4. The van der Waals surface area contributed by atoms with E-state index in [0.717, 1.165) is 30.8 Å². The van der Waals surface area contributed by atoms with Crippen molar-refractivity contribution in [3.8, 4) is 0 Å². The van der Waals surface area contributed by atoms with E-state index in [9.17, 15) is 8.42 Å². The fourth-order valence-corrected chi connectivity index (χ4v) is 5.05. The zero-order valence-corrected chi connectivity index (χ0v) is 15.2. The van der Waals surface area contributed by atoms with Gasteiger partial charge in [-0.15, -0.1) is 0 Å². The van der Waals surface area contributed by atoms with Crippen LogP contribution in [0.3, 0.4) is 0 Å². The molecule has 3 rings (SSSR count). The van der Waals surface area contributed by atoms with Crippen molar-refractivity contribution in [2.24, 2.45) is 0 Å². The maximum absolute atomic E-state index is 11.7. The quantitative estimate of drug-likeness (QED) is 0.747. The van der Waals surface area contributed by atoms with Crippen molar-refractivity contribution in [3.63, 3.8) is 0 Å². The van der Waals surface area contributed by atoms with E-state index in [1.54, 1.807) is 17.2 Å². The Hall–Kier alpha value is -1.38. The minimum Gasteiger partial charge on any atom is -0.337 e. The molecule has 0 amide bonds. The van der Waals surface area contributed by atoms with E-state index >= 15 is 0 Å². The van der Waals surface area contributed by atoms with Crippen molar-refractivity contribution in [3.05, 3.63) is 35.1 Å². The lowest BCUT2D eigenvalue weighted by Crippen LogP contribution is -2.17. The Bertz CT molecular complexity index is 785. The number of aryl methyl sites for hydroxylation is 2. The van der Waals surface area contributed by atoms with Crippen molar-refractivity contribution in [2.45, 2.75) is 38.9 Å². The smallest absolute Gasteiger partial charge is 0.152 e. The second-order valence-electron chi connectivity index (χ2n) is 6.19. The third-order valence-electron chi connectivity index (χ3n) is 4.33. The van der Waals surface area contributed by atoms with E-state index in [2.05, 4.69) is 15.4 Å². The van der Waals surface area contributed by atoms with Crippen LogP contribution >= 0.6 is 11.6 Å². The van der Waals surface area contributed by atoms with Gasteiger partial charge in [-0.3, -0.25) is 0 Å². The topological polar surface area (TPSA) is 81.8 Å². The summed E-state index contributed by atoms with van der Waals surface area (Å²) >= 11 is 6.45. The van der Waals surface area contributed by atoms with Gasteiger partial charge in [-0.1, -0.05) is 11.6 Å². The third-order valence-corrected chi connectivity index (χ3v) is 6.48. The van der Waals surface area contributed by atoms with Crippen molar-refractivity contribution in [1.29, 1.82) is 0 Å². The third kappa shape index (κ3) is 3.99. The minimum absolute atomic E-state index is 0.131. The highest BCUT2D eigenvalue weighted by molar-refractivity contribution is 7.91. The van der Waals surface area contributed by atoms with E-state index in [1.807, 2.05) is 17.7 Å². The molecule has 1 N–H and O–H groups in total. The number of nitrogens with one attached hydrogen (secondary N) is 1. The maximum Gasteiger partial charge on any atom is 0.152 e. The van der Waals surface area contributed by atoms with Crippen LogP contribution in [0.5, 0.6) is 0 Å². The van der Waals surface area contributed by atoms with Crippen LogP contribution in [0.1, 0.15) is 30.1 Å². The van der Waals surface area contributed by atoms with Crippen molar-refractivity contribution < 1.29 is 8.42 Å². The fraction of sp³-hybridized carbons (Fsp3) is 0.600. The molecule has 1 saturated heterocycles. The van der Waals surface area contributed by atoms with E-state index in [1.165, 1.54) is 0 Å². The summed E-state index contributed by atoms with van der Waals surface area (Å²) in [6, 6.07) is -0.142. The predicted molar refractivity (Wildman–Crippen MR) is 92.8 cm³/mol. The molecule has 7 nitrogen and oxygen atoms in total. The molecular formula is C15H22ClN5O2S. The second kappa shape index (κ2) is 7.25. The molecule has 1 atom stereocenters. The van der Waals surface area contributed by atoms with Crippen LogP contribution in [0, 0.1) is 6.92 Å². The highest BCUT2D eigenvalue weighted by atomic mass is 35.5. The molecule has 24 heavy (non-hydrogen) atoms. The number of hydrogen-bond donors (Lipinski definition) is 1. The zero-order valence-electron chi connectivity index (χ0n) is 13.7. The van der Waals surface area contributed by atoms with E-state index in [4.69, 9.17) is 11.6 Å². The summed E-state index contributed by atoms with van der Waals surface area (Å²) in [5.41, 5.74) is 1.80. The Morgan fingerprint density at radius 1 is 1.46 bits per heavy atom. The van der Waals surface area contributed by atoms with Gasteiger partial charge in [0.25, 0.3) is 0 Å². The number of halogens is 1. The molecule has 132 valence electrons. The Morgan fingerprint density at radius 3 is 2.96 bits per heavy atom. The number of hydrogen-bond acceptors (Lipinski definition) is 5. The molecule has 0 unspecified atom stereocenters. The molecule has 2 aromatic rings. The largest absolute Gasteiger partial charge is 0.337 e. The molecule has 0 saturated carbocycles. The van der Waals surface area contributed by atoms with E-state index in [-0.39, 0.29) is 17.5 Å². The first kappa shape index (κ1) is 17.4. The minimum atomic E-state index is -2.95. The first-order valence-electron chi connectivity index (χ1n) is 8.06. The van der Waals surface area contributed by atoms with Crippen LogP contribution in [0.4, 0.5) is 0 Å². The average molecular weight is 372 g/mol. The summed E-state index contributed by atoms with van der Waals surface area (Å²) in [5.74, 6) is 0.348. The number of aromatic nitrogens is 4. The molecular weight excluding hydrogens is 350 g/mol. The molecule has 2 aromatic heterocycles. The van der Waals surface area contributed by atoms with Gasteiger partial charge >= 0.3 is 0 Å². The summed E-state index contributed by atoms with van der Waals surface area (Å²) in [6.07, 6.45) is 7.10. The zero-order chi connectivity index (χ0) is 17.2. The molecule has 1 aliphatic rings. The van der Waals surface area contributed by atoms with Crippen LogP contribution < -0.4 is 5.32 Å². The average Bonchev–Trinajstić information content (AvgIpc) is 3.22. The highest BCUT2D eigenvalue weighted by Gasteiger charge is 2.31. The molecule has 0 aromatic carbocycles. The summed E-state index contributed by atoms with van der Waals surface area (Å²) < 4.78 is 27.0. The van der Waals surface area contributed by atoms with Gasteiger partial charge in [0.2, 0.25) is 0 Å². The highest BCUT2D eigenvalue weighted by Crippen LogP contribution is 2.29. The predicted octanol–water partition coefficient (Wildman–Crippen LogP) is 1.58. The molecule has 0 bridgehead atoms. The van der Waals surface area contributed by atoms with Gasteiger partial charge in [0.1, 0.15) is 5.15 Å². The van der Waals surface area contributed by atoms with Crippen molar-refractivity contribution in [2.75, 3.05) is 18.1 Å². The number of imidazole rings is 1. The van der Waals surface area contributed by atoms with Gasteiger partial charge in [0.15, 0.2) is 9.84 Å². The Morgan fingerprint density at radius 2 is 2.29 bits per heavy atom. The monoisotopic (exact) mass is 371 g/mol. The van der Waals surface area contributed by atoms with Crippen LogP contribution in [0.2, 0.25) is 5.15 Å². The fourth-order valence-electron chi connectivity index (χ4n) is 2.98. The lowest BCUT2D eigenvalue weighted by atomic mass is 10.2. The summed E-state index contributed by atoms with van der Waals surface area (Å²) in [7, 11) is -2.95. The summed E-state index contributed by atoms with van der Waals surface area (Å²) in [5, 5.41) is 8.39. The first-order chi connectivity index (χ1) is 11.5. The SMILES string of the molecule is Cc1nn([C@H]2CCS(=O)(=O)C2)c(Cl)c1CNCCCn1ccnc1. The lowest BCUT2D eigenvalue weighted by molar-refractivity contribution is 0.497. The van der Waals surface area contributed by atoms with Gasteiger partial charge in [-0.05, 0) is 26.3 Å². The molecule has 1 fully saturated rings. The van der Waals surface area contributed by atoms with Gasteiger partial charge in [-0.25, -0.2) is 18.1 Å². The number of rotatable bonds is 7. The molecule has 1 aliphatic heterocycles. The Labute approximate surface area is 146 Å². The van der Waals surface area contributed by atoms with Crippen LogP contribution in [-0.4, -0.2) is 45.8 Å². The van der Waals surface area contributed by atoms with Crippen molar-refractivity contribution >= 4 is 21.4 Å². The Kier molecular flexibility index (Phi) is 5.27. The molecule has 3 heterocycles. The van der Waals surface area contributed by atoms with Crippen LogP contribution in [0.15, 0.2) is 18.7 Å². The van der Waals surface area contributed by atoms with E-state index in [0.29, 0.717) is 18.1 Å². The summed E-state index contributed by atoms with van der Waals surface area (Å²) in [4.78, 5) is 4.01.